The van der Waals surface area contributed by atoms with Gasteiger partial charge in [0, 0.05) is 11.1 Å². The van der Waals surface area contributed by atoms with Crippen LogP contribution in [-0.4, -0.2) is 10.9 Å². The molecule has 1 heterocycles. The van der Waals surface area contributed by atoms with E-state index in [1.54, 1.807) is 6.92 Å². The lowest BCUT2D eigenvalue weighted by Gasteiger charge is -2.20. The monoisotopic (exact) mass is 424 g/mol. The van der Waals surface area contributed by atoms with Crippen LogP contribution in [0.2, 0.25) is 0 Å². The summed E-state index contributed by atoms with van der Waals surface area (Å²) in [6, 6.07) is 7.48. The van der Waals surface area contributed by atoms with Gasteiger partial charge in [0.15, 0.2) is 5.69 Å². The van der Waals surface area contributed by atoms with E-state index in [-0.39, 0.29) is 17.3 Å². The fourth-order valence-corrected chi connectivity index (χ4v) is 3.63. The zero-order chi connectivity index (χ0) is 22.1. The third-order valence-electron chi connectivity index (χ3n) is 5.48. The number of benzene rings is 2. The van der Waals surface area contributed by atoms with E-state index in [1.165, 1.54) is 25.3 Å². The van der Waals surface area contributed by atoms with Crippen LogP contribution in [-0.2, 0) is 6.42 Å². The predicted octanol–water partition coefficient (Wildman–Crippen LogP) is 5.89. The molecule has 0 unspecified atom stereocenters. The van der Waals surface area contributed by atoms with Crippen molar-refractivity contribution in [2.45, 2.75) is 39.2 Å². The number of aromatic nitrogens is 1. The zero-order valence-electron chi connectivity index (χ0n) is 17.3. The predicted molar refractivity (Wildman–Crippen MR) is 112 cm³/mol. The molecule has 2 aromatic carbocycles. The van der Waals surface area contributed by atoms with Gasteiger partial charge in [-0.25, -0.2) is 8.78 Å². The lowest BCUT2D eigenvalue weighted by molar-refractivity contribution is 0.0934. The van der Waals surface area contributed by atoms with Crippen molar-refractivity contribution in [1.82, 2.24) is 10.3 Å². The highest BCUT2D eigenvalue weighted by molar-refractivity contribution is 5.92. The number of oxazole rings is 1. The fourth-order valence-electron chi connectivity index (χ4n) is 3.63. The first-order chi connectivity index (χ1) is 14.8. The summed E-state index contributed by atoms with van der Waals surface area (Å²) in [7, 11) is 0. The van der Waals surface area contributed by atoms with E-state index in [0.717, 1.165) is 36.0 Å². The van der Waals surface area contributed by atoms with Crippen molar-refractivity contribution in [2.75, 3.05) is 0 Å². The number of hydrogen-bond acceptors (Lipinski definition) is 4. The first-order valence-electron chi connectivity index (χ1n) is 10.0. The van der Waals surface area contributed by atoms with Crippen LogP contribution in [0.4, 0.5) is 8.78 Å². The summed E-state index contributed by atoms with van der Waals surface area (Å²) < 4.78 is 38.7. The molecule has 5 nitrogen and oxygen atoms in total. The highest BCUT2D eigenvalue weighted by atomic mass is 19.1. The Morgan fingerprint density at radius 3 is 2.74 bits per heavy atom. The standard InChI is InChI=1S/C24H22F2N2O3/c1-13-6-4-8-18-17(13)7-5-9-22(18)31-24-28-21(12-30-24)23(29)27-15(3)16-10-19(25)14(2)20(26)11-16/h5,7,9-12,15H,1,4,6,8H2,2-3H3,(H,27,29)/t15-/m1/s1. The Kier molecular flexibility index (Phi) is 5.59. The zero-order valence-corrected chi connectivity index (χ0v) is 17.3. The molecule has 3 aromatic rings. The minimum atomic E-state index is -0.665. The fraction of sp³-hybridized carbons (Fsp3) is 0.250. The van der Waals surface area contributed by atoms with Gasteiger partial charge in [-0.05, 0) is 68.0 Å². The van der Waals surface area contributed by atoms with Crippen molar-refractivity contribution in [3.8, 4) is 11.8 Å². The lowest BCUT2D eigenvalue weighted by atomic mass is 9.88. The van der Waals surface area contributed by atoms with E-state index in [4.69, 9.17) is 9.15 Å². The van der Waals surface area contributed by atoms with E-state index in [9.17, 15) is 13.6 Å². The summed E-state index contributed by atoms with van der Waals surface area (Å²) in [5, 5.41) is 2.66. The molecule has 1 aliphatic carbocycles. The molecule has 1 aliphatic rings. The maximum Gasteiger partial charge on any atom is 0.399 e. The smallest absolute Gasteiger partial charge is 0.399 e. The first-order valence-corrected chi connectivity index (χ1v) is 10.0. The van der Waals surface area contributed by atoms with E-state index in [0.29, 0.717) is 11.3 Å². The molecule has 0 saturated carbocycles. The largest absolute Gasteiger partial charge is 0.416 e. The van der Waals surface area contributed by atoms with Gasteiger partial charge in [0.05, 0.1) is 6.04 Å². The van der Waals surface area contributed by atoms with Crippen molar-refractivity contribution in [3.05, 3.63) is 82.8 Å². The molecule has 0 saturated heterocycles. The Morgan fingerprint density at radius 1 is 1.26 bits per heavy atom. The minimum absolute atomic E-state index is 0.00381. The number of nitrogens with zero attached hydrogens (tertiary/aromatic N) is 1. The molecule has 1 N–H and O–H groups in total. The van der Waals surface area contributed by atoms with Crippen LogP contribution in [0.15, 0.2) is 47.6 Å². The van der Waals surface area contributed by atoms with Crippen LogP contribution in [0.5, 0.6) is 11.8 Å². The number of nitrogens with one attached hydrogen (secondary N) is 1. The van der Waals surface area contributed by atoms with Crippen molar-refractivity contribution < 1.29 is 22.7 Å². The van der Waals surface area contributed by atoms with Crippen molar-refractivity contribution in [1.29, 1.82) is 0 Å². The van der Waals surface area contributed by atoms with Crippen molar-refractivity contribution in [3.63, 3.8) is 0 Å². The Balaban J connectivity index is 1.47. The molecule has 7 heteroatoms. The summed E-state index contributed by atoms with van der Waals surface area (Å²) in [5.41, 5.74) is 3.43. The van der Waals surface area contributed by atoms with Crippen LogP contribution in [0.25, 0.3) is 5.57 Å². The Bertz CT molecular complexity index is 1150. The van der Waals surface area contributed by atoms with Crippen LogP contribution >= 0.6 is 0 Å². The highest BCUT2D eigenvalue weighted by Crippen LogP contribution is 2.36. The van der Waals surface area contributed by atoms with Gasteiger partial charge in [-0.2, -0.15) is 4.98 Å². The number of allylic oxidation sites excluding steroid dienone is 1. The number of hydrogen-bond donors (Lipinski definition) is 1. The molecule has 4 rings (SSSR count). The maximum absolute atomic E-state index is 13.8. The highest BCUT2D eigenvalue weighted by Gasteiger charge is 2.21. The van der Waals surface area contributed by atoms with Crippen molar-refractivity contribution in [2.24, 2.45) is 0 Å². The number of ether oxygens (including phenoxy) is 1. The number of halogens is 2. The van der Waals surface area contributed by atoms with Gasteiger partial charge < -0.3 is 14.5 Å². The van der Waals surface area contributed by atoms with E-state index in [1.807, 2.05) is 18.2 Å². The van der Waals surface area contributed by atoms with Gasteiger partial charge in [-0.15, -0.1) is 0 Å². The summed E-state index contributed by atoms with van der Waals surface area (Å²) in [6.45, 7) is 7.09. The summed E-state index contributed by atoms with van der Waals surface area (Å²) >= 11 is 0. The molecule has 0 bridgehead atoms. The Hall–Kier alpha value is -3.48. The van der Waals surface area contributed by atoms with Gasteiger partial charge in [-0.1, -0.05) is 18.7 Å². The van der Waals surface area contributed by atoms with Crippen LogP contribution in [0, 0.1) is 18.6 Å². The van der Waals surface area contributed by atoms with Crippen LogP contribution in [0.3, 0.4) is 0 Å². The summed E-state index contributed by atoms with van der Waals surface area (Å²) in [6.07, 6.45) is 3.92. The lowest BCUT2D eigenvalue weighted by Crippen LogP contribution is -2.27. The SMILES string of the molecule is C=C1CCCc2c(Oc3nc(C(=O)N[C@H](C)c4cc(F)c(C)c(F)c4)co3)cccc21. The molecular formula is C24H22F2N2O3. The van der Waals surface area contributed by atoms with Crippen LogP contribution in [0.1, 0.15) is 58.5 Å². The average Bonchev–Trinajstić information content (AvgIpc) is 3.21. The molecule has 0 radical (unpaired) electrons. The Morgan fingerprint density at radius 2 is 2.00 bits per heavy atom. The first kappa shape index (κ1) is 20.8. The van der Waals surface area contributed by atoms with Gasteiger partial charge in [0.1, 0.15) is 23.6 Å². The summed E-state index contributed by atoms with van der Waals surface area (Å²) in [5.74, 6) is -1.26. The molecule has 0 aliphatic heterocycles. The third kappa shape index (κ3) is 4.21. The molecule has 1 aromatic heterocycles. The normalized spacial score (nSPS) is 14.1. The topological polar surface area (TPSA) is 64.4 Å². The third-order valence-corrected chi connectivity index (χ3v) is 5.48. The number of carbonyl (C=O) groups excluding carboxylic acids is 1. The molecule has 0 fully saturated rings. The van der Waals surface area contributed by atoms with E-state index >= 15 is 0 Å². The number of fused-ring (bicyclic) bond motifs is 1. The quantitative estimate of drug-likeness (QED) is 0.554. The molecule has 160 valence electrons. The van der Waals surface area contributed by atoms with Crippen molar-refractivity contribution >= 4 is 11.5 Å². The van der Waals surface area contributed by atoms with Gasteiger partial charge in [0.2, 0.25) is 0 Å². The molecule has 0 spiro atoms. The molecular weight excluding hydrogens is 402 g/mol. The number of amides is 1. The maximum atomic E-state index is 13.8. The van der Waals surface area contributed by atoms with Gasteiger partial charge in [0.25, 0.3) is 5.91 Å². The van der Waals surface area contributed by atoms with E-state index < -0.39 is 23.6 Å². The van der Waals surface area contributed by atoms with Gasteiger partial charge in [-0.3, -0.25) is 4.79 Å². The van der Waals surface area contributed by atoms with Gasteiger partial charge >= 0.3 is 6.08 Å². The summed E-state index contributed by atoms with van der Waals surface area (Å²) in [4.78, 5) is 16.6. The molecule has 31 heavy (non-hydrogen) atoms. The second-order valence-corrected chi connectivity index (χ2v) is 7.64. The number of rotatable bonds is 5. The second-order valence-electron chi connectivity index (χ2n) is 7.64. The minimum Gasteiger partial charge on any atom is -0.416 e. The Labute approximate surface area is 178 Å². The molecule has 1 amide bonds. The average molecular weight is 424 g/mol. The van der Waals surface area contributed by atoms with Crippen LogP contribution < -0.4 is 10.1 Å². The number of carbonyl (C=O) groups is 1. The molecule has 1 atom stereocenters. The van der Waals surface area contributed by atoms with E-state index in [2.05, 4.69) is 16.9 Å². The second kappa shape index (κ2) is 8.34.